The topological polar surface area (TPSA) is 195 Å². The van der Waals surface area contributed by atoms with E-state index in [1.165, 1.54) is 6.07 Å². The molecule has 0 aliphatic carbocycles. The number of aromatic nitrogens is 1. The summed E-state index contributed by atoms with van der Waals surface area (Å²) in [6, 6.07) is 2.33. The van der Waals surface area contributed by atoms with Crippen LogP contribution in [0.25, 0.3) is 0 Å². The molecule has 216 valence electrons. The van der Waals surface area contributed by atoms with Gasteiger partial charge in [-0.3, -0.25) is 14.4 Å². The van der Waals surface area contributed by atoms with E-state index in [1.54, 1.807) is 41.4 Å². The highest BCUT2D eigenvalue weighted by atomic mass is 32.2. The van der Waals surface area contributed by atoms with Crippen molar-refractivity contribution in [1.82, 2.24) is 24.4 Å². The van der Waals surface area contributed by atoms with Crippen LogP contribution in [0.5, 0.6) is 0 Å². The Morgan fingerprint density at radius 1 is 0.925 bits per heavy atom. The number of aliphatic carboxylic acids is 2. The van der Waals surface area contributed by atoms with Crippen LogP contribution in [0.3, 0.4) is 0 Å². The SMILES string of the molecule is Cn1cccc1C(=O)NC1CC(C(=O)O)N(C(=O)CCC(=O)N2CC(NS(=O)(=O)c3cccs3)CC2C(=O)O)C1. The standard InChI is InChI=1S/C24H29N5O9S2/c1-27-8-2-4-16(27)22(32)25-14-10-17(23(33)34)28(12-14)19(30)6-7-20(31)29-13-15(11-18(29)24(35)36)26-40(37,38)21-5-3-9-39-21/h2-5,8-9,14-15,17-18,26H,6-7,10-13H2,1H3,(H,25,32)(H,33,34)(H,35,36). The van der Waals surface area contributed by atoms with Crippen LogP contribution in [-0.4, -0.2) is 99.9 Å². The van der Waals surface area contributed by atoms with Crippen LogP contribution in [0.4, 0.5) is 0 Å². The van der Waals surface area contributed by atoms with Gasteiger partial charge >= 0.3 is 11.9 Å². The summed E-state index contributed by atoms with van der Waals surface area (Å²) in [5.74, 6) is -4.26. The molecular weight excluding hydrogens is 566 g/mol. The van der Waals surface area contributed by atoms with E-state index in [4.69, 9.17) is 0 Å². The fourth-order valence-corrected chi connectivity index (χ4v) is 7.28. The molecule has 0 saturated carbocycles. The Morgan fingerprint density at radius 2 is 1.50 bits per heavy atom. The van der Waals surface area contributed by atoms with E-state index in [0.717, 1.165) is 21.1 Å². The Bertz CT molecular complexity index is 1410. The number of nitrogens with zero attached hydrogens (tertiary/aromatic N) is 3. The average Bonchev–Trinajstić information content (AvgIpc) is 3.68. The van der Waals surface area contributed by atoms with Crippen LogP contribution < -0.4 is 10.0 Å². The van der Waals surface area contributed by atoms with Gasteiger partial charge in [0, 0.05) is 57.7 Å². The lowest BCUT2D eigenvalue weighted by molar-refractivity contribution is -0.150. The molecule has 0 bridgehead atoms. The Hall–Kier alpha value is -3.76. The van der Waals surface area contributed by atoms with Gasteiger partial charge in [-0.25, -0.2) is 22.7 Å². The van der Waals surface area contributed by atoms with Crippen LogP contribution in [0, 0.1) is 0 Å². The van der Waals surface area contributed by atoms with E-state index >= 15 is 0 Å². The minimum absolute atomic E-state index is 0.00946. The number of rotatable bonds is 10. The molecule has 3 amide bonds. The molecule has 0 aromatic carbocycles. The van der Waals surface area contributed by atoms with Gasteiger partial charge < -0.3 is 29.9 Å². The third kappa shape index (κ3) is 6.34. The van der Waals surface area contributed by atoms with Gasteiger partial charge in [0.25, 0.3) is 5.91 Å². The number of amides is 3. The first-order valence-electron chi connectivity index (χ1n) is 12.4. The summed E-state index contributed by atoms with van der Waals surface area (Å²) in [6.45, 7) is -0.252. The van der Waals surface area contributed by atoms with Gasteiger partial charge in [0.1, 0.15) is 22.0 Å². The van der Waals surface area contributed by atoms with Crippen molar-refractivity contribution in [2.45, 2.75) is 54.1 Å². The van der Waals surface area contributed by atoms with Gasteiger partial charge in [0.2, 0.25) is 21.8 Å². The minimum Gasteiger partial charge on any atom is -0.480 e. The third-order valence-electron chi connectivity index (χ3n) is 6.96. The molecule has 0 spiro atoms. The number of nitrogens with one attached hydrogen (secondary N) is 2. The number of hydrogen-bond acceptors (Lipinski definition) is 8. The molecule has 0 radical (unpaired) electrons. The van der Waals surface area contributed by atoms with Gasteiger partial charge in [-0.15, -0.1) is 11.3 Å². The van der Waals surface area contributed by atoms with Crippen molar-refractivity contribution in [3.8, 4) is 0 Å². The van der Waals surface area contributed by atoms with E-state index in [1.807, 2.05) is 0 Å². The average molecular weight is 596 g/mol. The van der Waals surface area contributed by atoms with Crippen molar-refractivity contribution in [2.75, 3.05) is 13.1 Å². The number of carbonyl (C=O) groups excluding carboxylic acids is 3. The summed E-state index contributed by atoms with van der Waals surface area (Å²) in [7, 11) is -2.20. The monoisotopic (exact) mass is 595 g/mol. The third-order valence-corrected chi connectivity index (χ3v) is 9.88. The van der Waals surface area contributed by atoms with Gasteiger partial charge in [-0.1, -0.05) is 6.07 Å². The lowest BCUT2D eigenvalue weighted by Gasteiger charge is -2.24. The Balaban J connectivity index is 1.35. The Kier molecular flexibility index (Phi) is 8.60. The van der Waals surface area contributed by atoms with Gasteiger partial charge in [-0.2, -0.15) is 0 Å². The number of carboxylic acids is 2. The second kappa shape index (κ2) is 11.8. The van der Waals surface area contributed by atoms with Crippen LogP contribution in [-0.2, 0) is 36.2 Å². The van der Waals surface area contributed by atoms with Gasteiger partial charge in [0.05, 0.1) is 0 Å². The predicted molar refractivity (Wildman–Crippen MR) is 140 cm³/mol. The first kappa shape index (κ1) is 29.2. The fraction of sp³-hybridized carbons (Fsp3) is 0.458. The number of aryl methyl sites for hydroxylation is 1. The van der Waals surface area contributed by atoms with Crippen molar-refractivity contribution in [2.24, 2.45) is 7.05 Å². The number of carboxylic acid groups (broad SMARTS) is 2. The second-order valence-corrected chi connectivity index (χ2v) is 12.6. The Morgan fingerprint density at radius 3 is 2.00 bits per heavy atom. The zero-order valence-electron chi connectivity index (χ0n) is 21.4. The summed E-state index contributed by atoms with van der Waals surface area (Å²) < 4.78 is 29.2. The highest BCUT2D eigenvalue weighted by Crippen LogP contribution is 2.25. The molecule has 4 rings (SSSR count). The smallest absolute Gasteiger partial charge is 0.326 e. The minimum atomic E-state index is -3.89. The summed E-state index contributed by atoms with van der Waals surface area (Å²) in [4.78, 5) is 64.2. The maximum absolute atomic E-state index is 13.0. The maximum atomic E-state index is 13.0. The summed E-state index contributed by atoms with van der Waals surface area (Å²) in [5.41, 5.74) is 0.372. The largest absolute Gasteiger partial charge is 0.480 e. The molecule has 2 saturated heterocycles. The molecule has 4 atom stereocenters. The van der Waals surface area contributed by atoms with Crippen LogP contribution in [0.2, 0.25) is 0 Å². The molecule has 2 aliphatic rings. The molecule has 4 N–H and O–H groups in total. The van der Waals surface area contributed by atoms with E-state index in [0.29, 0.717) is 5.69 Å². The van der Waals surface area contributed by atoms with E-state index < -0.39 is 70.3 Å². The molecular formula is C24H29N5O9S2. The molecule has 2 aromatic rings. The fourth-order valence-electron chi connectivity index (χ4n) is 5.03. The maximum Gasteiger partial charge on any atom is 0.326 e. The van der Waals surface area contributed by atoms with Crippen molar-refractivity contribution in [3.05, 3.63) is 41.5 Å². The molecule has 16 heteroatoms. The first-order valence-corrected chi connectivity index (χ1v) is 14.8. The highest BCUT2D eigenvalue weighted by Gasteiger charge is 2.43. The Labute approximate surface area is 233 Å². The van der Waals surface area contributed by atoms with Crippen molar-refractivity contribution in [1.29, 1.82) is 0 Å². The van der Waals surface area contributed by atoms with E-state index in [-0.39, 0.29) is 36.6 Å². The predicted octanol–water partition coefficient (Wildman–Crippen LogP) is -0.317. The zero-order valence-corrected chi connectivity index (χ0v) is 23.1. The summed E-state index contributed by atoms with van der Waals surface area (Å²) >= 11 is 1.00. The molecule has 2 fully saturated rings. The molecule has 40 heavy (non-hydrogen) atoms. The lowest BCUT2D eigenvalue weighted by Crippen LogP contribution is -2.43. The van der Waals surface area contributed by atoms with Crippen LogP contribution in [0.1, 0.15) is 36.2 Å². The highest BCUT2D eigenvalue weighted by molar-refractivity contribution is 7.91. The molecule has 14 nitrogen and oxygen atoms in total. The first-order chi connectivity index (χ1) is 18.9. The van der Waals surface area contributed by atoms with Crippen molar-refractivity contribution < 1.29 is 42.6 Å². The number of carbonyl (C=O) groups is 5. The van der Waals surface area contributed by atoms with Crippen molar-refractivity contribution in [3.63, 3.8) is 0 Å². The molecule has 4 unspecified atom stereocenters. The van der Waals surface area contributed by atoms with Crippen LogP contribution >= 0.6 is 11.3 Å². The van der Waals surface area contributed by atoms with Crippen molar-refractivity contribution >= 4 is 51.0 Å². The number of hydrogen-bond donors (Lipinski definition) is 4. The molecule has 2 aliphatic heterocycles. The van der Waals surface area contributed by atoms with Gasteiger partial charge in [0.15, 0.2) is 0 Å². The number of thiophene rings is 1. The second-order valence-electron chi connectivity index (χ2n) is 9.70. The number of likely N-dealkylation sites (tertiary alicyclic amines) is 2. The van der Waals surface area contributed by atoms with Crippen LogP contribution in [0.15, 0.2) is 40.1 Å². The van der Waals surface area contributed by atoms with Gasteiger partial charge in [-0.05, 0) is 30.0 Å². The normalized spacial score (nSPS) is 22.8. The summed E-state index contributed by atoms with van der Waals surface area (Å²) in [5, 5.41) is 23.6. The molecule has 4 heterocycles. The molecule has 2 aromatic heterocycles. The van der Waals surface area contributed by atoms with E-state index in [9.17, 15) is 42.6 Å². The van der Waals surface area contributed by atoms with E-state index in [2.05, 4.69) is 10.0 Å². The summed E-state index contributed by atoms with van der Waals surface area (Å²) in [6.07, 6.45) is 0.762. The quantitative estimate of drug-likeness (QED) is 0.285. The number of sulfonamides is 1. The zero-order chi connectivity index (χ0) is 29.2. The lowest BCUT2D eigenvalue weighted by atomic mass is 10.1.